The Bertz CT molecular complexity index is 1250. The van der Waals surface area contributed by atoms with Gasteiger partial charge in [-0.2, -0.15) is 5.10 Å². The average Bonchev–Trinajstić information content (AvgIpc) is 3.17. The summed E-state index contributed by atoms with van der Waals surface area (Å²) in [6.45, 7) is 0. The minimum Gasteiger partial charge on any atom is -0.256 e. The van der Waals surface area contributed by atoms with Crippen molar-refractivity contribution in [3.63, 3.8) is 0 Å². The van der Waals surface area contributed by atoms with Crippen LogP contribution in [0.25, 0.3) is 28.2 Å². The molecule has 2 aromatic heterocycles. The molecule has 4 rings (SSSR count). The van der Waals surface area contributed by atoms with E-state index in [1.807, 2.05) is 48.5 Å². The fourth-order valence-corrected chi connectivity index (χ4v) is 3.82. The van der Waals surface area contributed by atoms with Crippen LogP contribution in [0, 0.1) is 0 Å². The van der Waals surface area contributed by atoms with Gasteiger partial charge >= 0.3 is 0 Å². The molecule has 2 aromatic carbocycles. The number of rotatable bonds is 4. The summed E-state index contributed by atoms with van der Waals surface area (Å²) in [5, 5.41) is 4.99. The lowest BCUT2D eigenvalue weighted by Crippen LogP contribution is -2.00. The van der Waals surface area contributed by atoms with Crippen LogP contribution in [0.5, 0.6) is 0 Å². The van der Waals surface area contributed by atoms with E-state index in [0.29, 0.717) is 10.7 Å². The van der Waals surface area contributed by atoms with E-state index >= 15 is 0 Å². The highest BCUT2D eigenvalue weighted by Gasteiger charge is 2.12. The summed E-state index contributed by atoms with van der Waals surface area (Å²) in [7, 11) is -3.27. The Kier molecular flexibility index (Phi) is 4.75. The Labute approximate surface area is 168 Å². The van der Waals surface area contributed by atoms with Crippen molar-refractivity contribution >= 4 is 21.4 Å². The molecule has 140 valence electrons. The lowest BCUT2D eigenvalue weighted by atomic mass is 10.1. The van der Waals surface area contributed by atoms with Crippen LogP contribution in [0.3, 0.4) is 0 Å². The maximum atomic E-state index is 11.8. The summed E-state index contributed by atoms with van der Waals surface area (Å²) >= 11 is 6.31. The number of nitrogens with zero attached hydrogens (tertiary/aromatic N) is 3. The standard InChI is InChI=1S/C21H16ClN3O2S/c1-28(26,27)17-6-4-5-15(13-17)19-10-9-16(14-23-19)20-11-12-24-25(20)21-8-3-2-7-18(21)22/h2-14H,1H3. The van der Waals surface area contributed by atoms with Gasteiger partial charge < -0.3 is 0 Å². The molecule has 0 unspecified atom stereocenters. The topological polar surface area (TPSA) is 64.8 Å². The van der Waals surface area contributed by atoms with Gasteiger partial charge in [-0.3, -0.25) is 4.98 Å². The van der Waals surface area contributed by atoms with Gasteiger partial charge in [-0.25, -0.2) is 13.1 Å². The molecule has 0 radical (unpaired) electrons. The van der Waals surface area contributed by atoms with Crippen LogP contribution in [0.2, 0.25) is 5.02 Å². The summed E-state index contributed by atoms with van der Waals surface area (Å²) in [6, 6.07) is 19.9. The molecule has 28 heavy (non-hydrogen) atoms. The quantitative estimate of drug-likeness (QED) is 0.491. The van der Waals surface area contributed by atoms with Gasteiger partial charge in [0.2, 0.25) is 0 Å². The number of para-hydroxylation sites is 1. The zero-order valence-corrected chi connectivity index (χ0v) is 16.5. The highest BCUT2D eigenvalue weighted by Crippen LogP contribution is 2.28. The third-order valence-electron chi connectivity index (χ3n) is 4.34. The molecule has 0 N–H and O–H groups in total. The van der Waals surface area contributed by atoms with Crippen LogP contribution in [0.15, 0.2) is 84.0 Å². The fraction of sp³-hybridized carbons (Fsp3) is 0.0476. The summed E-state index contributed by atoms with van der Waals surface area (Å²) in [5.41, 5.74) is 3.96. The molecule has 2 heterocycles. The molecule has 7 heteroatoms. The van der Waals surface area contributed by atoms with E-state index in [1.165, 1.54) is 6.26 Å². The van der Waals surface area contributed by atoms with E-state index in [1.54, 1.807) is 35.3 Å². The molecule has 0 saturated heterocycles. The van der Waals surface area contributed by atoms with Gasteiger partial charge in [0.1, 0.15) is 0 Å². The summed E-state index contributed by atoms with van der Waals surface area (Å²) < 4.78 is 25.3. The predicted octanol–water partition coefficient (Wildman–Crippen LogP) is 4.66. The van der Waals surface area contributed by atoms with Crippen molar-refractivity contribution in [2.24, 2.45) is 0 Å². The highest BCUT2D eigenvalue weighted by atomic mass is 35.5. The Morgan fingerprint density at radius 1 is 0.929 bits per heavy atom. The van der Waals surface area contributed by atoms with Crippen molar-refractivity contribution in [2.45, 2.75) is 4.90 Å². The number of hydrogen-bond acceptors (Lipinski definition) is 4. The number of halogens is 1. The van der Waals surface area contributed by atoms with Crippen molar-refractivity contribution in [3.8, 4) is 28.2 Å². The molecule has 5 nitrogen and oxygen atoms in total. The molecule has 0 aliphatic rings. The lowest BCUT2D eigenvalue weighted by molar-refractivity contribution is 0.602. The van der Waals surface area contributed by atoms with Gasteiger partial charge in [0.05, 0.1) is 33.2 Å². The third-order valence-corrected chi connectivity index (χ3v) is 5.77. The van der Waals surface area contributed by atoms with E-state index < -0.39 is 9.84 Å². The van der Waals surface area contributed by atoms with Crippen molar-refractivity contribution < 1.29 is 8.42 Å². The number of benzene rings is 2. The third kappa shape index (κ3) is 3.56. The zero-order valence-electron chi connectivity index (χ0n) is 14.9. The number of hydrogen-bond donors (Lipinski definition) is 0. The summed E-state index contributed by atoms with van der Waals surface area (Å²) in [5.74, 6) is 0. The fourth-order valence-electron chi connectivity index (χ4n) is 2.94. The second kappa shape index (κ2) is 7.22. The maximum absolute atomic E-state index is 11.8. The van der Waals surface area contributed by atoms with E-state index in [0.717, 1.165) is 22.5 Å². The van der Waals surface area contributed by atoms with E-state index in [-0.39, 0.29) is 4.90 Å². The predicted molar refractivity (Wildman–Crippen MR) is 110 cm³/mol. The minimum atomic E-state index is -3.27. The Morgan fingerprint density at radius 2 is 1.75 bits per heavy atom. The molecule has 0 amide bonds. The zero-order chi connectivity index (χ0) is 19.7. The first-order valence-electron chi connectivity index (χ1n) is 8.49. The van der Waals surface area contributed by atoms with Gasteiger partial charge in [0.15, 0.2) is 9.84 Å². The smallest absolute Gasteiger partial charge is 0.175 e. The van der Waals surface area contributed by atoms with Gasteiger partial charge in [-0.1, -0.05) is 35.9 Å². The van der Waals surface area contributed by atoms with Crippen LogP contribution < -0.4 is 0 Å². The minimum absolute atomic E-state index is 0.271. The van der Waals surface area contributed by atoms with Gasteiger partial charge in [-0.05, 0) is 42.5 Å². The summed E-state index contributed by atoms with van der Waals surface area (Å²) in [6.07, 6.45) is 4.65. The Hall–Kier alpha value is -2.96. The number of pyridine rings is 1. The molecule has 0 aliphatic heterocycles. The molecule has 0 saturated carbocycles. The normalized spacial score (nSPS) is 11.5. The molecule has 0 bridgehead atoms. The van der Waals surface area contributed by atoms with Crippen molar-refractivity contribution in [3.05, 3.63) is 84.1 Å². The highest BCUT2D eigenvalue weighted by molar-refractivity contribution is 7.90. The molecule has 4 aromatic rings. The van der Waals surface area contributed by atoms with E-state index in [9.17, 15) is 8.42 Å². The molecule has 0 aliphatic carbocycles. The maximum Gasteiger partial charge on any atom is 0.175 e. The van der Waals surface area contributed by atoms with Gasteiger partial charge in [-0.15, -0.1) is 0 Å². The largest absolute Gasteiger partial charge is 0.256 e. The van der Waals surface area contributed by atoms with Gasteiger partial charge in [0, 0.05) is 23.6 Å². The molecule has 0 atom stereocenters. The summed E-state index contributed by atoms with van der Waals surface area (Å²) in [4.78, 5) is 4.79. The molecule has 0 fully saturated rings. The van der Waals surface area contributed by atoms with E-state index in [4.69, 9.17) is 11.6 Å². The van der Waals surface area contributed by atoms with Crippen LogP contribution in [-0.2, 0) is 9.84 Å². The number of sulfone groups is 1. The Balaban J connectivity index is 1.71. The van der Waals surface area contributed by atoms with Crippen LogP contribution in [0.1, 0.15) is 0 Å². The Morgan fingerprint density at radius 3 is 2.46 bits per heavy atom. The van der Waals surface area contributed by atoms with Crippen molar-refractivity contribution in [2.75, 3.05) is 6.26 Å². The first kappa shape index (κ1) is 18.4. The van der Waals surface area contributed by atoms with Crippen molar-refractivity contribution in [1.29, 1.82) is 0 Å². The average molecular weight is 410 g/mol. The van der Waals surface area contributed by atoms with E-state index in [2.05, 4.69) is 10.1 Å². The van der Waals surface area contributed by atoms with Crippen molar-refractivity contribution in [1.82, 2.24) is 14.8 Å². The number of aromatic nitrogens is 3. The first-order chi connectivity index (χ1) is 13.4. The lowest BCUT2D eigenvalue weighted by Gasteiger charge is -2.10. The monoisotopic (exact) mass is 409 g/mol. The SMILES string of the molecule is CS(=O)(=O)c1cccc(-c2ccc(-c3ccnn3-c3ccccc3Cl)cn2)c1. The first-order valence-corrected chi connectivity index (χ1v) is 10.8. The van der Waals surface area contributed by atoms with Gasteiger partial charge in [0.25, 0.3) is 0 Å². The molecular weight excluding hydrogens is 394 g/mol. The van der Waals surface area contributed by atoms with Crippen LogP contribution in [0.4, 0.5) is 0 Å². The second-order valence-corrected chi connectivity index (χ2v) is 8.73. The van der Waals surface area contributed by atoms with Crippen LogP contribution >= 0.6 is 11.6 Å². The van der Waals surface area contributed by atoms with Crippen LogP contribution in [-0.4, -0.2) is 29.4 Å². The second-order valence-electron chi connectivity index (χ2n) is 6.31. The molecule has 0 spiro atoms. The molecular formula is C21H16ClN3O2S.